The highest BCUT2D eigenvalue weighted by Gasteiger charge is 2.24. The Morgan fingerprint density at radius 1 is 1.10 bits per heavy atom. The molecule has 9 heteroatoms. The van der Waals surface area contributed by atoms with Crippen LogP contribution in [0.1, 0.15) is 25.3 Å². The second kappa shape index (κ2) is 10.3. The molecule has 0 unspecified atom stereocenters. The first kappa shape index (κ1) is 21.9. The average molecular weight is 426 g/mol. The Hall–Kier alpha value is -3.75. The van der Waals surface area contributed by atoms with Crippen LogP contribution in [-0.4, -0.2) is 41.6 Å². The van der Waals surface area contributed by atoms with Crippen molar-refractivity contribution in [2.24, 2.45) is 5.10 Å². The van der Waals surface area contributed by atoms with Gasteiger partial charge in [0.25, 0.3) is 5.91 Å². The third-order valence-corrected chi connectivity index (χ3v) is 4.47. The highest BCUT2D eigenvalue weighted by atomic mass is 19.1. The molecule has 0 saturated carbocycles. The molecule has 3 amide bonds. The summed E-state index contributed by atoms with van der Waals surface area (Å²) in [4.78, 5) is 36.6. The summed E-state index contributed by atoms with van der Waals surface area (Å²) in [5, 5.41) is 10.5. The van der Waals surface area contributed by atoms with Gasteiger partial charge in [0.05, 0.1) is 19.7 Å². The van der Waals surface area contributed by atoms with Crippen LogP contribution < -0.4 is 15.4 Å². The Morgan fingerprint density at radius 3 is 2.48 bits per heavy atom. The zero-order chi connectivity index (χ0) is 22.2. The molecule has 0 radical (unpaired) electrons. The molecular weight excluding hydrogens is 403 g/mol. The second-order valence-electron chi connectivity index (χ2n) is 6.81. The first-order chi connectivity index (χ1) is 14.9. The zero-order valence-electron chi connectivity index (χ0n) is 17.1. The highest BCUT2D eigenvalue weighted by Crippen LogP contribution is 2.16. The lowest BCUT2D eigenvalue weighted by atomic mass is 10.1. The van der Waals surface area contributed by atoms with Crippen molar-refractivity contribution < 1.29 is 23.5 Å². The summed E-state index contributed by atoms with van der Waals surface area (Å²) in [5.74, 6) is -0.814. The Labute approximate surface area is 179 Å². The Balaban J connectivity index is 1.53. The topological polar surface area (TPSA) is 100 Å². The molecule has 3 rings (SSSR count). The molecule has 2 aromatic carbocycles. The Kier molecular flexibility index (Phi) is 7.31. The van der Waals surface area contributed by atoms with Crippen molar-refractivity contribution in [3.05, 3.63) is 59.9 Å². The summed E-state index contributed by atoms with van der Waals surface area (Å²) >= 11 is 0. The molecule has 0 atom stereocenters. The minimum atomic E-state index is -0.515. The third-order valence-electron chi connectivity index (χ3n) is 4.47. The fourth-order valence-corrected chi connectivity index (χ4v) is 2.92. The largest absolute Gasteiger partial charge is 0.494 e. The normalized spacial score (nSPS) is 13.4. The second-order valence-corrected chi connectivity index (χ2v) is 6.81. The molecule has 2 N–H and O–H groups in total. The highest BCUT2D eigenvalue weighted by molar-refractivity contribution is 6.39. The number of anilines is 1. The predicted octanol–water partition coefficient (Wildman–Crippen LogP) is 2.46. The molecular formula is C22H23FN4O4. The predicted molar refractivity (Wildman–Crippen MR) is 113 cm³/mol. The number of ether oxygens (including phenoxy) is 1. The van der Waals surface area contributed by atoms with E-state index in [9.17, 15) is 18.8 Å². The minimum Gasteiger partial charge on any atom is -0.494 e. The number of amides is 3. The summed E-state index contributed by atoms with van der Waals surface area (Å²) in [7, 11) is 0. The molecule has 1 aliphatic heterocycles. The minimum absolute atomic E-state index is 0.131. The van der Waals surface area contributed by atoms with Crippen molar-refractivity contribution in [1.29, 1.82) is 0 Å². The summed E-state index contributed by atoms with van der Waals surface area (Å²) in [5.41, 5.74) is 1.43. The van der Waals surface area contributed by atoms with Gasteiger partial charge in [0, 0.05) is 18.5 Å². The van der Waals surface area contributed by atoms with E-state index in [1.807, 2.05) is 6.92 Å². The number of carbonyl (C=O) groups excluding carboxylic acids is 3. The number of rotatable bonds is 8. The molecule has 0 spiro atoms. The maximum Gasteiger partial charge on any atom is 0.267 e. The summed E-state index contributed by atoms with van der Waals surface area (Å²) in [6.07, 6.45) is 0.316. The molecule has 0 aliphatic carbocycles. The Bertz CT molecular complexity index is 974. The maximum atomic E-state index is 13.0. The van der Waals surface area contributed by atoms with Crippen LogP contribution in [0.15, 0.2) is 53.6 Å². The fourth-order valence-electron chi connectivity index (χ4n) is 2.92. The molecule has 2 aromatic rings. The molecule has 0 aromatic heterocycles. The first-order valence-electron chi connectivity index (χ1n) is 9.88. The third kappa shape index (κ3) is 6.36. The monoisotopic (exact) mass is 426 g/mol. The number of benzene rings is 2. The fraction of sp³-hybridized carbons (Fsp3) is 0.273. The summed E-state index contributed by atoms with van der Waals surface area (Å²) in [6, 6.07) is 12.6. The molecule has 0 bridgehead atoms. The van der Waals surface area contributed by atoms with Crippen molar-refractivity contribution >= 4 is 29.1 Å². The van der Waals surface area contributed by atoms with Gasteiger partial charge < -0.3 is 15.4 Å². The van der Waals surface area contributed by atoms with Crippen LogP contribution >= 0.6 is 0 Å². The smallest absolute Gasteiger partial charge is 0.267 e. The molecule has 1 aliphatic rings. The van der Waals surface area contributed by atoms with E-state index in [0.29, 0.717) is 23.6 Å². The lowest BCUT2D eigenvalue weighted by molar-refractivity contribution is -0.132. The standard InChI is InChI=1S/C22H23FN4O4/c1-2-31-18-9-7-17(8-10-18)25-20(28)13-24-22(30)19-11-12-21(29)27(26-19)14-15-3-5-16(23)6-4-15/h3-10H,2,11-14H2,1H3,(H,24,30)(H,25,28). The molecule has 0 saturated heterocycles. The number of hydrogen-bond acceptors (Lipinski definition) is 5. The van der Waals surface area contributed by atoms with Crippen molar-refractivity contribution in [3.8, 4) is 5.75 Å². The van der Waals surface area contributed by atoms with E-state index in [-0.39, 0.29) is 43.4 Å². The number of nitrogens with zero attached hydrogens (tertiary/aromatic N) is 2. The van der Waals surface area contributed by atoms with Gasteiger partial charge in [-0.1, -0.05) is 12.1 Å². The maximum absolute atomic E-state index is 13.0. The van der Waals surface area contributed by atoms with E-state index < -0.39 is 11.8 Å². The summed E-state index contributed by atoms with van der Waals surface area (Å²) in [6.45, 7) is 2.33. The van der Waals surface area contributed by atoms with Gasteiger partial charge in [0.15, 0.2) is 0 Å². The molecule has 31 heavy (non-hydrogen) atoms. The van der Waals surface area contributed by atoms with E-state index >= 15 is 0 Å². The van der Waals surface area contributed by atoms with Gasteiger partial charge >= 0.3 is 0 Å². The quantitative estimate of drug-likeness (QED) is 0.677. The number of hydrazone groups is 1. The van der Waals surface area contributed by atoms with E-state index in [1.54, 1.807) is 36.4 Å². The van der Waals surface area contributed by atoms with E-state index in [0.717, 1.165) is 0 Å². The van der Waals surface area contributed by atoms with Crippen molar-refractivity contribution in [2.75, 3.05) is 18.5 Å². The van der Waals surface area contributed by atoms with Crippen molar-refractivity contribution in [1.82, 2.24) is 10.3 Å². The van der Waals surface area contributed by atoms with Crippen molar-refractivity contribution in [2.45, 2.75) is 26.3 Å². The summed E-state index contributed by atoms with van der Waals surface area (Å²) < 4.78 is 18.4. The van der Waals surface area contributed by atoms with Gasteiger partial charge in [-0.05, 0) is 48.9 Å². The lowest BCUT2D eigenvalue weighted by Crippen LogP contribution is -2.41. The van der Waals surface area contributed by atoms with Crippen LogP contribution in [0.4, 0.5) is 10.1 Å². The number of hydrogen-bond donors (Lipinski definition) is 2. The van der Waals surface area contributed by atoms with Crippen molar-refractivity contribution in [3.63, 3.8) is 0 Å². The van der Waals surface area contributed by atoms with Gasteiger partial charge in [0.2, 0.25) is 11.8 Å². The lowest BCUT2D eigenvalue weighted by Gasteiger charge is -2.23. The van der Waals surface area contributed by atoms with Crippen LogP contribution in [0.25, 0.3) is 0 Å². The SMILES string of the molecule is CCOc1ccc(NC(=O)CNC(=O)C2=NN(Cc3ccc(F)cc3)C(=O)CC2)cc1. The molecule has 1 heterocycles. The van der Waals surface area contributed by atoms with Crippen LogP contribution in [-0.2, 0) is 20.9 Å². The number of nitrogens with one attached hydrogen (secondary N) is 2. The molecule has 8 nitrogen and oxygen atoms in total. The van der Waals surface area contributed by atoms with Crippen LogP contribution in [0, 0.1) is 5.82 Å². The molecule has 0 fully saturated rings. The zero-order valence-corrected chi connectivity index (χ0v) is 17.1. The number of carbonyl (C=O) groups is 3. The van der Waals surface area contributed by atoms with Gasteiger partial charge in [-0.25, -0.2) is 9.40 Å². The van der Waals surface area contributed by atoms with Gasteiger partial charge in [-0.15, -0.1) is 0 Å². The van der Waals surface area contributed by atoms with Gasteiger partial charge in [0.1, 0.15) is 17.3 Å². The van der Waals surface area contributed by atoms with Gasteiger partial charge in [-0.2, -0.15) is 5.10 Å². The van der Waals surface area contributed by atoms with Gasteiger partial charge in [-0.3, -0.25) is 14.4 Å². The van der Waals surface area contributed by atoms with E-state index in [4.69, 9.17) is 4.74 Å². The van der Waals surface area contributed by atoms with E-state index in [1.165, 1.54) is 17.1 Å². The van der Waals surface area contributed by atoms with Crippen LogP contribution in [0.2, 0.25) is 0 Å². The molecule has 162 valence electrons. The average Bonchev–Trinajstić information content (AvgIpc) is 2.76. The first-order valence-corrected chi connectivity index (χ1v) is 9.88. The number of halogens is 1. The Morgan fingerprint density at radius 2 is 1.81 bits per heavy atom. The van der Waals surface area contributed by atoms with Crippen LogP contribution in [0.3, 0.4) is 0 Å². The van der Waals surface area contributed by atoms with Crippen LogP contribution in [0.5, 0.6) is 5.75 Å². The van der Waals surface area contributed by atoms with E-state index in [2.05, 4.69) is 15.7 Å².